The molecule has 3 rings (SSSR count). The van der Waals surface area contributed by atoms with Crippen molar-refractivity contribution in [3.8, 4) is 0 Å². The Morgan fingerprint density at radius 2 is 1.74 bits per heavy atom. The molecule has 5 nitrogen and oxygen atoms in total. The first-order chi connectivity index (χ1) is 11.0. The quantitative estimate of drug-likeness (QED) is 0.897. The largest absolute Gasteiger partial charge is 0.481 e. The molecule has 2 aliphatic rings. The van der Waals surface area contributed by atoms with E-state index in [-0.39, 0.29) is 18.0 Å². The van der Waals surface area contributed by atoms with Gasteiger partial charge in [-0.25, -0.2) is 4.79 Å². The number of piperidine rings is 1. The van der Waals surface area contributed by atoms with Crippen LogP contribution in [0.4, 0.5) is 4.79 Å². The molecule has 124 valence electrons. The van der Waals surface area contributed by atoms with Gasteiger partial charge in [0.15, 0.2) is 0 Å². The molecule has 0 aromatic heterocycles. The first-order valence-corrected chi connectivity index (χ1v) is 8.39. The van der Waals surface area contributed by atoms with Gasteiger partial charge in [-0.1, -0.05) is 29.8 Å². The van der Waals surface area contributed by atoms with E-state index >= 15 is 0 Å². The van der Waals surface area contributed by atoms with Crippen LogP contribution in [-0.4, -0.2) is 35.1 Å². The molecule has 1 saturated heterocycles. The number of nitrogens with one attached hydrogen (secondary N) is 1. The average Bonchev–Trinajstić information content (AvgIpc) is 3.38. The molecule has 0 spiro atoms. The Morgan fingerprint density at radius 3 is 2.26 bits per heavy atom. The van der Waals surface area contributed by atoms with Crippen LogP contribution < -0.4 is 5.32 Å². The lowest BCUT2D eigenvalue weighted by molar-refractivity contribution is -0.143. The summed E-state index contributed by atoms with van der Waals surface area (Å²) in [6.45, 7) is 3.10. The van der Waals surface area contributed by atoms with Gasteiger partial charge in [-0.2, -0.15) is 0 Å². The van der Waals surface area contributed by atoms with Gasteiger partial charge >= 0.3 is 12.0 Å². The normalized spacial score (nSPS) is 20.1. The molecule has 1 aromatic carbocycles. The maximum Gasteiger partial charge on any atom is 0.317 e. The van der Waals surface area contributed by atoms with Crippen molar-refractivity contribution in [2.24, 2.45) is 11.8 Å². The van der Waals surface area contributed by atoms with E-state index in [0.29, 0.717) is 31.8 Å². The van der Waals surface area contributed by atoms with E-state index in [9.17, 15) is 9.59 Å². The number of carbonyl (C=O) groups is 2. The minimum absolute atomic E-state index is 0.0636. The summed E-state index contributed by atoms with van der Waals surface area (Å²) in [5.41, 5.74) is 2.37. The van der Waals surface area contributed by atoms with Crippen LogP contribution in [0.25, 0.3) is 0 Å². The summed E-state index contributed by atoms with van der Waals surface area (Å²) in [6.07, 6.45) is 3.39. The fourth-order valence-corrected chi connectivity index (χ4v) is 3.23. The molecule has 2 N–H and O–H groups in total. The highest BCUT2D eigenvalue weighted by molar-refractivity contribution is 5.76. The number of aliphatic carboxylic acids is 1. The number of hydrogen-bond donors (Lipinski definition) is 2. The number of carbonyl (C=O) groups excluding carboxylic acids is 1. The Hall–Kier alpha value is -2.04. The van der Waals surface area contributed by atoms with Gasteiger partial charge in [0.05, 0.1) is 12.0 Å². The molecule has 1 aliphatic carbocycles. The van der Waals surface area contributed by atoms with Gasteiger partial charge in [0.25, 0.3) is 0 Å². The summed E-state index contributed by atoms with van der Waals surface area (Å²) in [5.74, 6) is -0.533. The van der Waals surface area contributed by atoms with Crippen LogP contribution in [0.5, 0.6) is 0 Å². The topological polar surface area (TPSA) is 69.6 Å². The second-order valence-corrected chi connectivity index (χ2v) is 6.77. The molecule has 1 aromatic rings. The van der Waals surface area contributed by atoms with Gasteiger partial charge in [-0.15, -0.1) is 0 Å². The van der Waals surface area contributed by atoms with Crippen LogP contribution in [0.15, 0.2) is 24.3 Å². The summed E-state index contributed by atoms with van der Waals surface area (Å²) >= 11 is 0. The minimum Gasteiger partial charge on any atom is -0.481 e. The fraction of sp³-hybridized carbons (Fsp3) is 0.556. The van der Waals surface area contributed by atoms with Crippen molar-refractivity contribution in [2.45, 2.75) is 38.6 Å². The average molecular weight is 316 g/mol. The molecule has 1 saturated carbocycles. The second kappa shape index (κ2) is 6.60. The standard InChI is InChI=1S/C18H24N2O3/c1-12-2-4-13(5-3-12)16(14-6-7-14)19-18(23)20-10-8-15(9-11-20)17(21)22/h2-5,14-16H,6-11H2,1H3,(H,19,23)(H,21,22). The Kier molecular flexibility index (Phi) is 4.55. The summed E-state index contributed by atoms with van der Waals surface area (Å²) in [7, 11) is 0. The number of nitrogens with zero attached hydrogens (tertiary/aromatic N) is 1. The van der Waals surface area contributed by atoms with Crippen molar-refractivity contribution in [2.75, 3.05) is 13.1 Å². The number of hydrogen-bond acceptors (Lipinski definition) is 2. The maximum absolute atomic E-state index is 12.5. The summed E-state index contributed by atoms with van der Waals surface area (Å²) in [4.78, 5) is 25.3. The van der Waals surface area contributed by atoms with Gasteiger partial charge < -0.3 is 15.3 Å². The van der Waals surface area contributed by atoms with Gasteiger partial charge in [0.2, 0.25) is 0 Å². The molecule has 1 aliphatic heterocycles. The first-order valence-electron chi connectivity index (χ1n) is 8.39. The molecule has 0 bridgehead atoms. The lowest BCUT2D eigenvalue weighted by Gasteiger charge is -2.32. The molecular formula is C18H24N2O3. The smallest absolute Gasteiger partial charge is 0.317 e. The zero-order valence-corrected chi connectivity index (χ0v) is 13.5. The Bertz CT molecular complexity index is 572. The molecule has 23 heavy (non-hydrogen) atoms. The molecule has 1 atom stereocenters. The maximum atomic E-state index is 12.5. The van der Waals surface area contributed by atoms with Crippen molar-refractivity contribution in [1.82, 2.24) is 10.2 Å². The first kappa shape index (κ1) is 15.8. The van der Waals surface area contributed by atoms with Crippen LogP contribution >= 0.6 is 0 Å². The van der Waals surface area contributed by atoms with Crippen molar-refractivity contribution < 1.29 is 14.7 Å². The summed E-state index contributed by atoms with van der Waals surface area (Å²) in [5, 5.41) is 12.2. The minimum atomic E-state index is -0.749. The van der Waals surface area contributed by atoms with E-state index in [1.165, 1.54) is 5.56 Å². The number of aryl methyl sites for hydroxylation is 1. The summed E-state index contributed by atoms with van der Waals surface area (Å²) in [6, 6.07) is 8.35. The molecule has 1 unspecified atom stereocenters. The SMILES string of the molecule is Cc1ccc(C(NC(=O)N2CCC(C(=O)O)CC2)C2CC2)cc1. The molecular weight excluding hydrogens is 292 g/mol. The van der Waals surface area contributed by atoms with Crippen LogP contribution in [0.3, 0.4) is 0 Å². The molecule has 0 radical (unpaired) electrons. The predicted octanol–water partition coefficient (Wildman–Crippen LogP) is 2.95. The molecule has 2 amide bonds. The number of carboxylic acids is 1. The molecule has 1 heterocycles. The fourth-order valence-electron chi connectivity index (χ4n) is 3.23. The van der Waals surface area contributed by atoms with Gasteiger partial charge in [-0.3, -0.25) is 4.79 Å². The van der Waals surface area contributed by atoms with Crippen molar-refractivity contribution >= 4 is 12.0 Å². The third-order valence-corrected chi connectivity index (χ3v) is 4.94. The number of urea groups is 1. The Labute approximate surface area is 136 Å². The number of amides is 2. The van der Waals surface area contributed by atoms with Gasteiger partial charge in [0, 0.05) is 13.1 Å². The van der Waals surface area contributed by atoms with Gasteiger partial charge in [0.1, 0.15) is 0 Å². The molecule has 2 fully saturated rings. The third-order valence-electron chi connectivity index (χ3n) is 4.94. The van der Waals surface area contributed by atoms with Crippen LogP contribution in [0, 0.1) is 18.8 Å². The van der Waals surface area contributed by atoms with Crippen LogP contribution in [-0.2, 0) is 4.79 Å². The van der Waals surface area contributed by atoms with Crippen LogP contribution in [0.1, 0.15) is 42.9 Å². The van der Waals surface area contributed by atoms with Crippen LogP contribution in [0.2, 0.25) is 0 Å². The van der Waals surface area contributed by atoms with E-state index < -0.39 is 5.97 Å². The highest BCUT2D eigenvalue weighted by Crippen LogP contribution is 2.41. The third kappa shape index (κ3) is 3.84. The zero-order chi connectivity index (χ0) is 16.4. The number of rotatable bonds is 4. The number of carboxylic acid groups (broad SMARTS) is 1. The second-order valence-electron chi connectivity index (χ2n) is 6.77. The highest BCUT2D eigenvalue weighted by atomic mass is 16.4. The summed E-state index contributed by atoms with van der Waals surface area (Å²) < 4.78 is 0. The lowest BCUT2D eigenvalue weighted by atomic mass is 9.97. The number of likely N-dealkylation sites (tertiary alicyclic amines) is 1. The van der Waals surface area contributed by atoms with E-state index in [0.717, 1.165) is 18.4 Å². The van der Waals surface area contributed by atoms with E-state index in [4.69, 9.17) is 5.11 Å². The highest BCUT2D eigenvalue weighted by Gasteiger charge is 2.35. The number of benzene rings is 1. The van der Waals surface area contributed by atoms with Crippen molar-refractivity contribution in [3.05, 3.63) is 35.4 Å². The van der Waals surface area contributed by atoms with E-state index in [2.05, 4.69) is 36.5 Å². The monoisotopic (exact) mass is 316 g/mol. The Morgan fingerprint density at radius 1 is 1.13 bits per heavy atom. The Balaban J connectivity index is 1.61. The lowest BCUT2D eigenvalue weighted by Crippen LogP contribution is -2.46. The van der Waals surface area contributed by atoms with E-state index in [1.54, 1.807) is 4.90 Å². The molecule has 5 heteroatoms. The van der Waals surface area contributed by atoms with E-state index in [1.807, 2.05) is 0 Å². The van der Waals surface area contributed by atoms with Crippen molar-refractivity contribution in [1.29, 1.82) is 0 Å². The van der Waals surface area contributed by atoms with Gasteiger partial charge in [-0.05, 0) is 44.1 Å². The zero-order valence-electron chi connectivity index (χ0n) is 13.5. The van der Waals surface area contributed by atoms with Crippen molar-refractivity contribution in [3.63, 3.8) is 0 Å². The predicted molar refractivity (Wildman–Crippen MR) is 87.1 cm³/mol.